The van der Waals surface area contributed by atoms with Gasteiger partial charge in [0, 0.05) is 6.42 Å². The highest BCUT2D eigenvalue weighted by molar-refractivity contribution is 7.89. The van der Waals surface area contributed by atoms with Crippen molar-refractivity contribution in [3.63, 3.8) is 0 Å². The predicted molar refractivity (Wildman–Crippen MR) is 63.4 cm³/mol. The first kappa shape index (κ1) is 13.9. The van der Waals surface area contributed by atoms with Crippen molar-refractivity contribution in [2.75, 3.05) is 13.3 Å². The van der Waals surface area contributed by atoms with Crippen LogP contribution in [-0.4, -0.2) is 21.7 Å². The van der Waals surface area contributed by atoms with Crippen LogP contribution in [0, 0.1) is 13.8 Å². The van der Waals surface area contributed by atoms with Gasteiger partial charge in [0.1, 0.15) is 5.75 Å². The van der Waals surface area contributed by atoms with Crippen molar-refractivity contribution >= 4 is 10.0 Å². The first-order chi connectivity index (χ1) is 7.86. The van der Waals surface area contributed by atoms with Crippen LogP contribution in [0.1, 0.15) is 17.5 Å². The third-order valence-electron chi connectivity index (χ3n) is 2.29. The number of primary sulfonamides is 1. The molecule has 0 bridgehead atoms. The first-order valence-electron chi connectivity index (χ1n) is 5.19. The minimum absolute atomic E-state index is 0.0605. The zero-order chi connectivity index (χ0) is 13.1. The van der Waals surface area contributed by atoms with Gasteiger partial charge in [-0.3, -0.25) is 4.39 Å². The van der Waals surface area contributed by atoms with E-state index in [4.69, 9.17) is 9.88 Å². The van der Waals surface area contributed by atoms with Crippen LogP contribution in [0.4, 0.5) is 4.39 Å². The molecule has 0 aliphatic rings. The maximum Gasteiger partial charge on any atom is 0.238 e. The maximum absolute atomic E-state index is 11.9. The van der Waals surface area contributed by atoms with Gasteiger partial charge in [0.25, 0.3) is 0 Å². The van der Waals surface area contributed by atoms with E-state index in [-0.39, 0.29) is 11.5 Å². The Bertz CT molecular complexity index is 476. The van der Waals surface area contributed by atoms with Crippen LogP contribution in [0.3, 0.4) is 0 Å². The number of hydrogen-bond acceptors (Lipinski definition) is 3. The van der Waals surface area contributed by atoms with E-state index in [1.807, 2.05) is 0 Å². The van der Waals surface area contributed by atoms with Crippen molar-refractivity contribution in [2.24, 2.45) is 5.14 Å². The van der Waals surface area contributed by atoms with Gasteiger partial charge in [-0.25, -0.2) is 13.6 Å². The Balaban J connectivity index is 3.03. The van der Waals surface area contributed by atoms with E-state index in [0.29, 0.717) is 23.3 Å². The molecule has 1 aromatic carbocycles. The van der Waals surface area contributed by atoms with Crippen molar-refractivity contribution < 1.29 is 17.5 Å². The van der Waals surface area contributed by atoms with Gasteiger partial charge in [-0.15, -0.1) is 0 Å². The quantitative estimate of drug-likeness (QED) is 0.820. The van der Waals surface area contributed by atoms with Crippen molar-refractivity contribution in [1.29, 1.82) is 0 Å². The Labute approximate surface area is 101 Å². The van der Waals surface area contributed by atoms with Crippen LogP contribution < -0.4 is 9.88 Å². The molecule has 0 atom stereocenters. The average molecular weight is 261 g/mol. The molecule has 0 unspecified atom stereocenters. The number of nitrogens with two attached hydrogens (primary N) is 1. The fourth-order valence-corrected chi connectivity index (χ4v) is 2.21. The highest BCUT2D eigenvalue weighted by Gasteiger charge is 2.13. The molecule has 96 valence electrons. The number of rotatable bonds is 5. The van der Waals surface area contributed by atoms with Crippen molar-refractivity contribution in [2.45, 2.75) is 25.2 Å². The minimum atomic E-state index is -3.71. The summed E-state index contributed by atoms with van der Waals surface area (Å²) < 4.78 is 39.7. The number of alkyl halides is 1. The topological polar surface area (TPSA) is 69.4 Å². The van der Waals surface area contributed by atoms with E-state index < -0.39 is 16.7 Å². The van der Waals surface area contributed by atoms with Crippen LogP contribution in [0.2, 0.25) is 0 Å². The second-order valence-corrected chi connectivity index (χ2v) is 5.38. The molecule has 0 amide bonds. The second kappa shape index (κ2) is 5.46. The van der Waals surface area contributed by atoms with E-state index in [9.17, 15) is 12.8 Å². The standard InChI is InChI=1S/C11H16FNO3S/c1-8-6-10(17(13,14)15)7-9(2)11(8)16-5-3-4-12/h6-7H,3-5H2,1-2H3,(H2,13,14,15). The molecule has 6 heteroatoms. The lowest BCUT2D eigenvalue weighted by Gasteiger charge is -2.12. The Morgan fingerprint density at radius 3 is 2.24 bits per heavy atom. The summed E-state index contributed by atoms with van der Waals surface area (Å²) in [4.78, 5) is 0.0605. The summed E-state index contributed by atoms with van der Waals surface area (Å²) >= 11 is 0. The third kappa shape index (κ3) is 3.67. The SMILES string of the molecule is Cc1cc(S(N)(=O)=O)cc(C)c1OCCCF. The fourth-order valence-electron chi connectivity index (χ4n) is 1.53. The Kier molecular flexibility index (Phi) is 4.47. The lowest BCUT2D eigenvalue weighted by molar-refractivity contribution is 0.286. The predicted octanol–water partition coefficient (Wildman–Crippen LogP) is 1.69. The molecule has 4 nitrogen and oxygen atoms in total. The highest BCUT2D eigenvalue weighted by atomic mass is 32.2. The van der Waals surface area contributed by atoms with E-state index in [1.165, 1.54) is 12.1 Å². The van der Waals surface area contributed by atoms with Crippen LogP contribution >= 0.6 is 0 Å². The molecule has 1 aromatic rings. The van der Waals surface area contributed by atoms with E-state index in [2.05, 4.69) is 0 Å². The summed E-state index contributed by atoms with van der Waals surface area (Å²) in [5.74, 6) is 0.589. The molecule has 0 aromatic heterocycles. The van der Waals surface area contributed by atoms with Crippen molar-refractivity contribution in [3.8, 4) is 5.75 Å². The zero-order valence-corrected chi connectivity index (χ0v) is 10.7. The summed E-state index contributed by atoms with van der Waals surface area (Å²) in [6, 6.07) is 2.90. The number of sulfonamides is 1. The molecule has 0 spiro atoms. The number of ether oxygens (including phenoxy) is 1. The molecular formula is C11H16FNO3S. The van der Waals surface area contributed by atoms with Gasteiger partial charge in [0.2, 0.25) is 10.0 Å². The van der Waals surface area contributed by atoms with Gasteiger partial charge in [-0.2, -0.15) is 0 Å². The summed E-state index contributed by atoms with van der Waals surface area (Å²) in [5, 5.41) is 5.05. The molecule has 0 radical (unpaired) electrons. The molecule has 0 aliphatic heterocycles. The minimum Gasteiger partial charge on any atom is -0.493 e. The molecule has 2 N–H and O–H groups in total. The number of aryl methyl sites for hydroxylation is 2. The van der Waals surface area contributed by atoms with Crippen LogP contribution in [0.5, 0.6) is 5.75 Å². The highest BCUT2D eigenvalue weighted by Crippen LogP contribution is 2.26. The average Bonchev–Trinajstić information content (AvgIpc) is 2.20. The molecule has 1 rings (SSSR count). The second-order valence-electron chi connectivity index (χ2n) is 3.82. The van der Waals surface area contributed by atoms with Crippen LogP contribution in [-0.2, 0) is 10.0 Å². The van der Waals surface area contributed by atoms with Gasteiger partial charge in [0.05, 0.1) is 18.2 Å². The number of hydrogen-bond donors (Lipinski definition) is 1. The third-order valence-corrected chi connectivity index (χ3v) is 3.18. The van der Waals surface area contributed by atoms with E-state index >= 15 is 0 Å². The van der Waals surface area contributed by atoms with Crippen molar-refractivity contribution in [1.82, 2.24) is 0 Å². The fraction of sp³-hybridized carbons (Fsp3) is 0.455. The Morgan fingerprint density at radius 1 is 1.29 bits per heavy atom. The smallest absolute Gasteiger partial charge is 0.238 e. The summed E-state index contributed by atoms with van der Waals surface area (Å²) in [6.45, 7) is 3.29. The number of benzene rings is 1. The normalized spacial score (nSPS) is 11.5. The molecule has 17 heavy (non-hydrogen) atoms. The molecule has 0 heterocycles. The summed E-state index contributed by atoms with van der Waals surface area (Å²) in [6.07, 6.45) is 0.315. The molecule has 0 saturated heterocycles. The van der Waals surface area contributed by atoms with Gasteiger partial charge in [-0.1, -0.05) is 0 Å². The maximum atomic E-state index is 11.9. The van der Waals surface area contributed by atoms with Crippen LogP contribution in [0.15, 0.2) is 17.0 Å². The van der Waals surface area contributed by atoms with E-state index in [1.54, 1.807) is 13.8 Å². The summed E-state index contributed by atoms with van der Waals surface area (Å²) in [5.41, 5.74) is 1.35. The summed E-state index contributed by atoms with van der Waals surface area (Å²) in [7, 11) is -3.71. The monoisotopic (exact) mass is 261 g/mol. The largest absolute Gasteiger partial charge is 0.493 e. The zero-order valence-electron chi connectivity index (χ0n) is 9.86. The Hall–Kier alpha value is -1.14. The van der Waals surface area contributed by atoms with Crippen LogP contribution in [0.25, 0.3) is 0 Å². The van der Waals surface area contributed by atoms with Gasteiger partial charge in [0.15, 0.2) is 0 Å². The van der Waals surface area contributed by atoms with Crippen molar-refractivity contribution in [3.05, 3.63) is 23.3 Å². The lowest BCUT2D eigenvalue weighted by atomic mass is 10.1. The molecule has 0 aliphatic carbocycles. The van der Waals surface area contributed by atoms with Gasteiger partial charge >= 0.3 is 0 Å². The Morgan fingerprint density at radius 2 is 1.82 bits per heavy atom. The van der Waals surface area contributed by atoms with Gasteiger partial charge in [-0.05, 0) is 37.1 Å². The molecular weight excluding hydrogens is 245 g/mol. The molecule has 0 fully saturated rings. The first-order valence-corrected chi connectivity index (χ1v) is 6.73. The van der Waals surface area contributed by atoms with E-state index in [0.717, 1.165) is 0 Å². The van der Waals surface area contributed by atoms with Gasteiger partial charge < -0.3 is 4.74 Å². The molecule has 0 saturated carbocycles. The number of halogens is 1. The lowest BCUT2D eigenvalue weighted by Crippen LogP contribution is -2.13.